The third-order valence-electron chi connectivity index (χ3n) is 6.32. The number of sulfone groups is 1. The van der Waals surface area contributed by atoms with E-state index >= 15 is 0 Å². The van der Waals surface area contributed by atoms with Gasteiger partial charge in [-0.2, -0.15) is 4.31 Å². The van der Waals surface area contributed by atoms with Crippen LogP contribution < -0.4 is 4.74 Å². The molecule has 2 atom stereocenters. The van der Waals surface area contributed by atoms with Gasteiger partial charge in [0.05, 0.1) is 21.6 Å². The highest BCUT2D eigenvalue weighted by Gasteiger charge is 2.50. The minimum atomic E-state index is -3.71. The van der Waals surface area contributed by atoms with E-state index in [1.807, 2.05) is 13.8 Å². The Labute approximate surface area is 185 Å². The van der Waals surface area contributed by atoms with E-state index in [1.165, 1.54) is 0 Å². The van der Waals surface area contributed by atoms with Crippen LogP contribution in [0.4, 0.5) is 0 Å². The molecular formula is C23H29NO5S2. The number of fused-ring (bicyclic) bond motifs is 2. The van der Waals surface area contributed by atoms with Gasteiger partial charge >= 0.3 is 0 Å². The van der Waals surface area contributed by atoms with Crippen molar-refractivity contribution in [1.29, 1.82) is 0 Å². The molecule has 6 nitrogen and oxygen atoms in total. The molecule has 2 aliphatic heterocycles. The number of benzene rings is 2. The van der Waals surface area contributed by atoms with E-state index in [4.69, 9.17) is 4.74 Å². The largest absolute Gasteiger partial charge is 0.493 e. The van der Waals surface area contributed by atoms with Gasteiger partial charge in [-0.15, -0.1) is 0 Å². The van der Waals surface area contributed by atoms with Crippen molar-refractivity contribution >= 4 is 19.9 Å². The number of hydrogen-bond donors (Lipinski definition) is 0. The maximum absolute atomic E-state index is 13.5. The van der Waals surface area contributed by atoms with E-state index in [0.29, 0.717) is 42.9 Å². The van der Waals surface area contributed by atoms with E-state index < -0.39 is 25.1 Å². The van der Waals surface area contributed by atoms with Gasteiger partial charge in [0.2, 0.25) is 10.0 Å². The second kappa shape index (κ2) is 8.56. The van der Waals surface area contributed by atoms with Crippen molar-refractivity contribution in [2.75, 3.05) is 6.61 Å². The van der Waals surface area contributed by atoms with E-state index in [9.17, 15) is 16.8 Å². The highest BCUT2D eigenvalue weighted by Crippen LogP contribution is 2.43. The zero-order valence-corrected chi connectivity index (χ0v) is 19.5. The molecule has 0 spiro atoms. The first-order valence-electron chi connectivity index (χ1n) is 10.8. The molecule has 2 fully saturated rings. The van der Waals surface area contributed by atoms with Gasteiger partial charge in [-0.05, 0) is 74.9 Å². The molecule has 168 valence electrons. The summed E-state index contributed by atoms with van der Waals surface area (Å²) in [6.45, 7) is 4.45. The van der Waals surface area contributed by atoms with Crippen molar-refractivity contribution in [2.24, 2.45) is 0 Å². The van der Waals surface area contributed by atoms with Gasteiger partial charge in [-0.1, -0.05) is 25.1 Å². The molecule has 2 saturated heterocycles. The summed E-state index contributed by atoms with van der Waals surface area (Å²) in [4.78, 5) is 0.559. The van der Waals surface area contributed by atoms with E-state index in [0.717, 1.165) is 12.0 Å². The molecule has 2 bridgehead atoms. The SMILES string of the molecule is CCCOc1ccc(S(=O)(=O)N2C3CCC2CC(S(=O)(=O)c2ccccc2)C3)cc1C. The van der Waals surface area contributed by atoms with Crippen LogP contribution in [0, 0.1) is 6.92 Å². The average molecular weight is 464 g/mol. The molecule has 31 heavy (non-hydrogen) atoms. The number of nitrogens with zero attached hydrogens (tertiary/aromatic N) is 1. The summed E-state index contributed by atoms with van der Waals surface area (Å²) >= 11 is 0. The Kier molecular flexibility index (Phi) is 6.16. The lowest BCUT2D eigenvalue weighted by molar-refractivity contribution is 0.249. The molecule has 2 heterocycles. The van der Waals surface area contributed by atoms with Gasteiger partial charge in [0.25, 0.3) is 0 Å². The van der Waals surface area contributed by atoms with Gasteiger partial charge < -0.3 is 4.74 Å². The Balaban J connectivity index is 1.58. The molecule has 0 aromatic heterocycles. The molecule has 8 heteroatoms. The van der Waals surface area contributed by atoms with E-state index in [-0.39, 0.29) is 17.0 Å². The van der Waals surface area contributed by atoms with Gasteiger partial charge in [0.1, 0.15) is 5.75 Å². The van der Waals surface area contributed by atoms with E-state index in [1.54, 1.807) is 52.8 Å². The highest BCUT2D eigenvalue weighted by molar-refractivity contribution is 7.92. The summed E-state index contributed by atoms with van der Waals surface area (Å²) in [6, 6.07) is 12.9. The molecule has 4 rings (SSSR count). The van der Waals surface area contributed by atoms with Crippen LogP contribution in [-0.4, -0.2) is 45.1 Å². The predicted octanol–water partition coefficient (Wildman–Crippen LogP) is 3.94. The summed E-state index contributed by atoms with van der Waals surface area (Å²) < 4.78 is 60.5. The molecule has 2 unspecified atom stereocenters. The van der Waals surface area contributed by atoms with Crippen LogP contribution in [-0.2, 0) is 19.9 Å². The second-order valence-corrected chi connectivity index (χ2v) is 12.5. The Bertz CT molecular complexity index is 1130. The number of aryl methyl sites for hydroxylation is 1. The lowest BCUT2D eigenvalue weighted by atomic mass is 10.1. The molecular weight excluding hydrogens is 434 g/mol. The zero-order valence-electron chi connectivity index (χ0n) is 17.9. The predicted molar refractivity (Wildman–Crippen MR) is 119 cm³/mol. The molecule has 2 aromatic carbocycles. The van der Waals surface area contributed by atoms with E-state index in [2.05, 4.69) is 0 Å². The van der Waals surface area contributed by atoms with Crippen LogP contribution >= 0.6 is 0 Å². The lowest BCUT2D eigenvalue weighted by Gasteiger charge is -2.37. The molecule has 0 radical (unpaired) electrons. The maximum Gasteiger partial charge on any atom is 0.243 e. The third-order valence-corrected chi connectivity index (χ3v) is 10.5. The Morgan fingerprint density at radius 1 is 0.935 bits per heavy atom. The second-order valence-electron chi connectivity index (χ2n) is 8.45. The minimum Gasteiger partial charge on any atom is -0.493 e. The van der Waals surface area contributed by atoms with Crippen LogP contribution in [0.3, 0.4) is 0 Å². The number of hydrogen-bond acceptors (Lipinski definition) is 5. The van der Waals surface area contributed by atoms with Crippen molar-refractivity contribution < 1.29 is 21.6 Å². The first-order chi connectivity index (χ1) is 14.7. The molecule has 0 amide bonds. The lowest BCUT2D eigenvalue weighted by Crippen LogP contribution is -2.49. The first-order valence-corrected chi connectivity index (χ1v) is 13.8. The topological polar surface area (TPSA) is 80.8 Å². The van der Waals surface area contributed by atoms with Crippen LogP contribution in [0.1, 0.15) is 44.6 Å². The molecule has 0 N–H and O–H groups in total. The first kappa shape index (κ1) is 22.3. The van der Waals surface area contributed by atoms with Crippen molar-refractivity contribution in [3.63, 3.8) is 0 Å². The summed E-state index contributed by atoms with van der Waals surface area (Å²) in [5.74, 6) is 0.691. The highest BCUT2D eigenvalue weighted by atomic mass is 32.2. The summed E-state index contributed by atoms with van der Waals surface area (Å²) in [5.41, 5.74) is 0.781. The van der Waals surface area contributed by atoms with Crippen LogP contribution in [0.2, 0.25) is 0 Å². The summed E-state index contributed by atoms with van der Waals surface area (Å²) in [5, 5.41) is -0.551. The van der Waals surface area contributed by atoms with Crippen LogP contribution in [0.15, 0.2) is 58.3 Å². The van der Waals surface area contributed by atoms with Gasteiger partial charge in [0, 0.05) is 12.1 Å². The Hall–Kier alpha value is -1.90. The van der Waals surface area contributed by atoms with Crippen molar-refractivity contribution in [1.82, 2.24) is 4.31 Å². The van der Waals surface area contributed by atoms with Crippen LogP contribution in [0.5, 0.6) is 5.75 Å². The minimum absolute atomic E-state index is 0.245. The van der Waals surface area contributed by atoms with Gasteiger partial charge in [-0.25, -0.2) is 16.8 Å². The third kappa shape index (κ3) is 4.13. The maximum atomic E-state index is 13.5. The monoisotopic (exact) mass is 463 g/mol. The number of rotatable bonds is 7. The zero-order chi connectivity index (χ0) is 22.2. The number of ether oxygens (including phenoxy) is 1. The number of piperidine rings is 1. The number of sulfonamides is 1. The standard InChI is InChI=1S/C23H29NO5S2/c1-3-13-29-23-12-11-21(14-17(23)2)31(27,28)24-18-9-10-19(24)16-22(15-18)30(25,26)20-7-5-4-6-8-20/h4-8,11-12,14,18-19,22H,3,9-10,13,15-16H2,1-2H3. The van der Waals surface area contributed by atoms with Crippen molar-refractivity contribution in [3.05, 3.63) is 54.1 Å². The molecule has 2 aliphatic rings. The molecule has 0 saturated carbocycles. The van der Waals surface area contributed by atoms with Crippen molar-refractivity contribution in [2.45, 2.75) is 73.1 Å². The smallest absolute Gasteiger partial charge is 0.243 e. The average Bonchev–Trinajstić information content (AvgIpc) is 3.04. The fourth-order valence-corrected chi connectivity index (χ4v) is 8.66. The molecule has 2 aromatic rings. The van der Waals surface area contributed by atoms with Crippen LogP contribution in [0.25, 0.3) is 0 Å². The fourth-order valence-electron chi connectivity index (χ4n) is 4.81. The van der Waals surface area contributed by atoms with Gasteiger partial charge in [-0.3, -0.25) is 0 Å². The Morgan fingerprint density at radius 2 is 1.58 bits per heavy atom. The summed E-state index contributed by atoms with van der Waals surface area (Å²) in [7, 11) is -7.19. The fraction of sp³-hybridized carbons (Fsp3) is 0.478. The van der Waals surface area contributed by atoms with Gasteiger partial charge in [0.15, 0.2) is 9.84 Å². The quantitative estimate of drug-likeness (QED) is 0.621. The Morgan fingerprint density at radius 3 is 2.16 bits per heavy atom. The molecule has 0 aliphatic carbocycles. The summed E-state index contributed by atoms with van der Waals surface area (Å²) in [6.07, 6.45) is 2.94. The normalized spacial score (nSPS) is 24.3. The van der Waals surface area contributed by atoms with Crippen molar-refractivity contribution in [3.8, 4) is 5.75 Å².